The Kier molecular flexibility index (Phi) is 3.98. The summed E-state index contributed by atoms with van der Waals surface area (Å²) in [7, 11) is 1.67. The summed E-state index contributed by atoms with van der Waals surface area (Å²) in [5.74, 6) is 0.782. The average molecular weight is 295 g/mol. The third-order valence-corrected chi connectivity index (χ3v) is 5.64. The summed E-state index contributed by atoms with van der Waals surface area (Å²) in [5.41, 5.74) is 0. The van der Waals surface area contributed by atoms with E-state index in [1.54, 1.807) is 18.4 Å². The van der Waals surface area contributed by atoms with Crippen LogP contribution in [-0.2, 0) is 11.3 Å². The van der Waals surface area contributed by atoms with Crippen molar-refractivity contribution in [3.63, 3.8) is 0 Å². The third-order valence-electron chi connectivity index (χ3n) is 4.76. The Morgan fingerprint density at radius 1 is 1.50 bits per heavy atom. The maximum Gasteiger partial charge on any atom is 0.320 e. The molecular weight excluding hydrogens is 274 g/mol. The summed E-state index contributed by atoms with van der Waals surface area (Å²) in [6.07, 6.45) is 5.62. The number of carboxylic acid groups (broad SMARTS) is 1. The molecule has 110 valence electrons. The predicted octanol–water partition coefficient (Wildman–Crippen LogP) is 2.97. The molecule has 0 amide bonds. The van der Waals surface area contributed by atoms with E-state index in [2.05, 4.69) is 4.90 Å². The lowest BCUT2D eigenvalue weighted by molar-refractivity contribution is -0.142. The lowest BCUT2D eigenvalue weighted by atomic mass is 9.85. The van der Waals surface area contributed by atoms with Gasteiger partial charge in [-0.1, -0.05) is 12.8 Å². The predicted molar refractivity (Wildman–Crippen MR) is 78.2 cm³/mol. The van der Waals surface area contributed by atoms with E-state index in [-0.39, 0.29) is 6.04 Å². The number of likely N-dealkylation sites (tertiary alicyclic amines) is 1. The summed E-state index contributed by atoms with van der Waals surface area (Å²) in [6, 6.07) is 2.08. The van der Waals surface area contributed by atoms with Crippen LogP contribution in [0.2, 0.25) is 0 Å². The average Bonchev–Trinajstić information content (AvgIpc) is 3.04. The number of fused-ring (bicyclic) bond motifs is 1. The molecule has 4 nitrogen and oxygen atoms in total. The number of thiophene rings is 1. The minimum Gasteiger partial charge on any atom is -0.496 e. The summed E-state index contributed by atoms with van der Waals surface area (Å²) in [5, 5.41) is 11.5. The molecular formula is C15H21NO3S. The molecule has 3 unspecified atom stereocenters. The minimum atomic E-state index is -0.671. The van der Waals surface area contributed by atoms with Crippen LogP contribution < -0.4 is 4.74 Å². The zero-order valence-electron chi connectivity index (χ0n) is 11.7. The van der Waals surface area contributed by atoms with Crippen LogP contribution in [0.25, 0.3) is 0 Å². The van der Waals surface area contributed by atoms with Gasteiger partial charge < -0.3 is 9.84 Å². The Morgan fingerprint density at radius 3 is 3.05 bits per heavy atom. The molecule has 0 radical (unpaired) electrons. The van der Waals surface area contributed by atoms with Gasteiger partial charge in [0.2, 0.25) is 0 Å². The van der Waals surface area contributed by atoms with Gasteiger partial charge in [0, 0.05) is 12.6 Å². The largest absolute Gasteiger partial charge is 0.496 e. The molecule has 0 bridgehead atoms. The van der Waals surface area contributed by atoms with E-state index in [4.69, 9.17) is 4.74 Å². The highest BCUT2D eigenvalue weighted by Crippen LogP contribution is 2.41. The molecule has 0 aromatic carbocycles. The van der Waals surface area contributed by atoms with Crippen LogP contribution in [0.5, 0.6) is 5.75 Å². The highest BCUT2D eigenvalue weighted by molar-refractivity contribution is 7.10. The van der Waals surface area contributed by atoms with Crippen molar-refractivity contribution in [1.82, 2.24) is 4.90 Å². The van der Waals surface area contributed by atoms with Gasteiger partial charge >= 0.3 is 5.97 Å². The van der Waals surface area contributed by atoms with Gasteiger partial charge in [-0.3, -0.25) is 9.69 Å². The smallest absolute Gasteiger partial charge is 0.320 e. The molecule has 1 aliphatic carbocycles. The van der Waals surface area contributed by atoms with Gasteiger partial charge in [-0.05, 0) is 36.6 Å². The number of ether oxygens (including phenoxy) is 1. The molecule has 1 aromatic heterocycles. The zero-order chi connectivity index (χ0) is 14.1. The number of hydrogen-bond acceptors (Lipinski definition) is 4. The second-order valence-corrected chi connectivity index (χ2v) is 6.79. The highest BCUT2D eigenvalue weighted by Gasteiger charge is 2.45. The van der Waals surface area contributed by atoms with E-state index < -0.39 is 5.97 Å². The van der Waals surface area contributed by atoms with Gasteiger partial charge in [0.25, 0.3) is 0 Å². The number of aliphatic carboxylic acids is 1. The molecule has 20 heavy (non-hydrogen) atoms. The summed E-state index contributed by atoms with van der Waals surface area (Å²) < 4.78 is 5.36. The zero-order valence-corrected chi connectivity index (χ0v) is 12.6. The fourth-order valence-corrected chi connectivity index (χ4v) is 4.66. The van der Waals surface area contributed by atoms with Crippen LogP contribution in [0, 0.1) is 5.92 Å². The summed E-state index contributed by atoms with van der Waals surface area (Å²) >= 11 is 1.65. The van der Waals surface area contributed by atoms with E-state index in [1.807, 2.05) is 11.4 Å². The Morgan fingerprint density at radius 2 is 2.30 bits per heavy atom. The van der Waals surface area contributed by atoms with Crippen LogP contribution in [0.15, 0.2) is 11.4 Å². The molecule has 2 heterocycles. The number of methoxy groups -OCH3 is 1. The Balaban J connectivity index is 1.82. The molecule has 5 heteroatoms. The highest BCUT2D eigenvalue weighted by atomic mass is 32.1. The van der Waals surface area contributed by atoms with Crippen molar-refractivity contribution in [3.8, 4) is 5.75 Å². The normalized spacial score (nSPS) is 30.1. The second-order valence-electron chi connectivity index (χ2n) is 5.79. The molecule has 3 atom stereocenters. The van der Waals surface area contributed by atoms with Gasteiger partial charge in [-0.25, -0.2) is 0 Å². The quantitative estimate of drug-likeness (QED) is 0.928. The number of carbonyl (C=O) groups is 1. The van der Waals surface area contributed by atoms with Crippen molar-refractivity contribution in [3.05, 3.63) is 16.3 Å². The summed E-state index contributed by atoms with van der Waals surface area (Å²) in [4.78, 5) is 14.9. The van der Waals surface area contributed by atoms with E-state index in [0.717, 1.165) is 23.5 Å². The maximum absolute atomic E-state index is 11.6. The van der Waals surface area contributed by atoms with Gasteiger partial charge in [-0.15, -0.1) is 11.3 Å². The van der Waals surface area contributed by atoms with E-state index in [9.17, 15) is 9.90 Å². The number of rotatable bonds is 4. The first-order chi connectivity index (χ1) is 9.70. The number of hydrogen-bond donors (Lipinski definition) is 1. The van der Waals surface area contributed by atoms with Gasteiger partial charge in [0.05, 0.1) is 12.0 Å². The summed E-state index contributed by atoms with van der Waals surface area (Å²) in [6.45, 7) is 0.707. The van der Waals surface area contributed by atoms with E-state index in [1.165, 1.54) is 19.3 Å². The molecule has 0 spiro atoms. The lowest BCUT2D eigenvalue weighted by Gasteiger charge is -2.32. The Bertz CT molecular complexity index is 487. The first kappa shape index (κ1) is 13.9. The minimum absolute atomic E-state index is 0.324. The van der Waals surface area contributed by atoms with E-state index in [0.29, 0.717) is 18.5 Å². The fraction of sp³-hybridized carbons (Fsp3) is 0.667. The van der Waals surface area contributed by atoms with Gasteiger partial charge in [0.1, 0.15) is 11.8 Å². The van der Waals surface area contributed by atoms with Crippen molar-refractivity contribution < 1.29 is 14.6 Å². The molecule has 1 saturated carbocycles. The van der Waals surface area contributed by atoms with Crippen molar-refractivity contribution in [1.29, 1.82) is 0 Å². The van der Waals surface area contributed by atoms with Crippen LogP contribution >= 0.6 is 11.3 Å². The van der Waals surface area contributed by atoms with Gasteiger partial charge in [-0.2, -0.15) is 0 Å². The molecule has 1 aromatic rings. The number of carboxylic acids is 1. The van der Waals surface area contributed by atoms with Gasteiger partial charge in [0.15, 0.2) is 0 Å². The molecule has 1 N–H and O–H groups in total. The first-order valence-electron chi connectivity index (χ1n) is 7.29. The van der Waals surface area contributed by atoms with Crippen molar-refractivity contribution in [2.24, 2.45) is 5.92 Å². The first-order valence-corrected chi connectivity index (χ1v) is 8.17. The van der Waals surface area contributed by atoms with Crippen LogP contribution in [0.3, 0.4) is 0 Å². The maximum atomic E-state index is 11.6. The molecule has 1 saturated heterocycles. The molecule has 3 rings (SSSR count). The number of nitrogens with zero attached hydrogens (tertiary/aromatic N) is 1. The topological polar surface area (TPSA) is 49.8 Å². The SMILES string of the molecule is COc1ccsc1CN1C(C(=O)O)CC2CCCCC21. The monoisotopic (exact) mass is 295 g/mol. The molecule has 1 aliphatic heterocycles. The van der Waals surface area contributed by atoms with Crippen molar-refractivity contribution in [2.75, 3.05) is 7.11 Å². The van der Waals surface area contributed by atoms with E-state index >= 15 is 0 Å². The molecule has 2 fully saturated rings. The molecule has 2 aliphatic rings. The Hall–Kier alpha value is -1.07. The fourth-order valence-electron chi connectivity index (χ4n) is 3.81. The third kappa shape index (κ3) is 2.44. The van der Waals surface area contributed by atoms with Crippen LogP contribution in [0.1, 0.15) is 37.0 Å². The van der Waals surface area contributed by atoms with Crippen LogP contribution in [-0.4, -0.2) is 35.2 Å². The van der Waals surface area contributed by atoms with Crippen molar-refractivity contribution >= 4 is 17.3 Å². The standard InChI is InChI=1S/C15H21NO3S/c1-19-13-6-7-20-14(13)9-16-11-5-3-2-4-10(11)8-12(16)15(17)18/h6-7,10-12H,2-5,8-9H2,1H3,(H,17,18). The Labute approximate surface area is 123 Å². The van der Waals surface area contributed by atoms with Crippen LogP contribution in [0.4, 0.5) is 0 Å². The van der Waals surface area contributed by atoms with Crippen molar-refractivity contribution in [2.45, 2.75) is 50.7 Å². The second kappa shape index (κ2) is 5.74. The lowest BCUT2D eigenvalue weighted by Crippen LogP contribution is -2.41.